The molecule has 1 aliphatic rings. The van der Waals surface area contributed by atoms with Crippen molar-refractivity contribution in [2.45, 2.75) is 31.7 Å². The zero-order valence-electron chi connectivity index (χ0n) is 9.02. The number of nitrogens with two attached hydrogens (primary N) is 1. The minimum atomic E-state index is 0.130. The Labute approximate surface area is 89.5 Å². The third-order valence-electron chi connectivity index (χ3n) is 3.18. The molecule has 1 heterocycles. The lowest BCUT2D eigenvalue weighted by Gasteiger charge is -2.24. The van der Waals surface area contributed by atoms with Gasteiger partial charge in [-0.25, -0.2) is 4.98 Å². The summed E-state index contributed by atoms with van der Waals surface area (Å²) in [4.78, 5) is 16.2. The summed E-state index contributed by atoms with van der Waals surface area (Å²) in [6, 6.07) is 0.287. The first-order valence-electron chi connectivity index (χ1n) is 5.45. The zero-order valence-corrected chi connectivity index (χ0v) is 9.02. The van der Waals surface area contributed by atoms with Gasteiger partial charge in [-0.2, -0.15) is 0 Å². The number of aryl methyl sites for hydroxylation is 1. The Morgan fingerprint density at radius 2 is 2.13 bits per heavy atom. The minimum absolute atomic E-state index is 0.130. The molecule has 0 spiro atoms. The smallest absolute Gasteiger partial charge is 0.201 e. The maximum atomic E-state index is 12.1. The molecule has 1 aliphatic carbocycles. The van der Waals surface area contributed by atoms with Crippen molar-refractivity contribution in [2.24, 2.45) is 18.7 Å². The van der Waals surface area contributed by atoms with Crippen LogP contribution in [0, 0.1) is 5.92 Å². The van der Waals surface area contributed by atoms with Crippen LogP contribution in [0.2, 0.25) is 0 Å². The van der Waals surface area contributed by atoms with E-state index in [4.69, 9.17) is 5.73 Å². The molecular formula is C11H17N3O. The molecule has 0 aromatic carbocycles. The number of carbonyl (C=O) groups excluding carboxylic acids is 1. The molecule has 1 fully saturated rings. The molecule has 1 aromatic heterocycles. The molecular weight excluding hydrogens is 190 g/mol. The summed E-state index contributed by atoms with van der Waals surface area (Å²) in [6.45, 7) is 0. The normalized spacial score (nSPS) is 26.5. The summed E-state index contributed by atoms with van der Waals surface area (Å²) in [6.07, 6.45) is 7.21. The van der Waals surface area contributed by atoms with Gasteiger partial charge in [-0.1, -0.05) is 0 Å². The Hall–Kier alpha value is -1.16. The van der Waals surface area contributed by atoms with Crippen molar-refractivity contribution in [1.82, 2.24) is 9.55 Å². The lowest BCUT2D eigenvalue weighted by molar-refractivity contribution is 0.0870. The first-order valence-corrected chi connectivity index (χ1v) is 5.45. The fraction of sp³-hybridized carbons (Fsp3) is 0.636. The Balaban J connectivity index is 2.06. The van der Waals surface area contributed by atoms with Gasteiger partial charge in [0.15, 0.2) is 5.82 Å². The number of hydrogen-bond donors (Lipinski definition) is 1. The van der Waals surface area contributed by atoms with Gasteiger partial charge in [0, 0.05) is 31.4 Å². The zero-order chi connectivity index (χ0) is 10.8. The molecule has 2 N–H and O–H groups in total. The van der Waals surface area contributed by atoms with E-state index in [9.17, 15) is 4.79 Å². The van der Waals surface area contributed by atoms with Crippen LogP contribution in [0.5, 0.6) is 0 Å². The quantitative estimate of drug-likeness (QED) is 0.739. The molecule has 2 rings (SSSR count). The van der Waals surface area contributed by atoms with E-state index in [1.165, 1.54) is 0 Å². The molecule has 15 heavy (non-hydrogen) atoms. The minimum Gasteiger partial charge on any atom is -0.332 e. The van der Waals surface area contributed by atoms with Crippen molar-refractivity contribution < 1.29 is 4.79 Å². The molecule has 0 atom stereocenters. The van der Waals surface area contributed by atoms with Gasteiger partial charge in [-0.15, -0.1) is 0 Å². The summed E-state index contributed by atoms with van der Waals surface area (Å²) < 4.78 is 1.79. The molecule has 4 heteroatoms. The predicted molar refractivity (Wildman–Crippen MR) is 57.5 cm³/mol. The Morgan fingerprint density at radius 1 is 1.47 bits per heavy atom. The van der Waals surface area contributed by atoms with Crippen LogP contribution in [0.4, 0.5) is 0 Å². The van der Waals surface area contributed by atoms with Gasteiger partial charge in [0.25, 0.3) is 0 Å². The number of ketones is 1. The van der Waals surface area contributed by atoms with Crippen molar-refractivity contribution in [1.29, 1.82) is 0 Å². The summed E-state index contributed by atoms with van der Waals surface area (Å²) in [5, 5.41) is 0. The molecule has 0 aliphatic heterocycles. The number of aromatic nitrogens is 2. The van der Waals surface area contributed by atoms with Gasteiger partial charge in [-0.3, -0.25) is 4.79 Å². The van der Waals surface area contributed by atoms with Gasteiger partial charge in [0.2, 0.25) is 5.78 Å². The van der Waals surface area contributed by atoms with E-state index in [1.54, 1.807) is 10.8 Å². The van der Waals surface area contributed by atoms with E-state index in [1.807, 2.05) is 13.2 Å². The lowest BCUT2D eigenvalue weighted by Crippen LogP contribution is -2.30. The Kier molecular flexibility index (Phi) is 2.86. The SMILES string of the molecule is Cn1ccnc1C(=O)C1CCC(N)CC1. The fourth-order valence-electron chi connectivity index (χ4n) is 2.17. The van der Waals surface area contributed by atoms with Crippen LogP contribution in [0.1, 0.15) is 36.3 Å². The highest BCUT2D eigenvalue weighted by molar-refractivity contribution is 5.94. The number of hydrogen-bond acceptors (Lipinski definition) is 3. The van der Waals surface area contributed by atoms with Crippen LogP contribution < -0.4 is 5.73 Å². The molecule has 0 saturated heterocycles. The molecule has 0 bridgehead atoms. The van der Waals surface area contributed by atoms with Crippen LogP contribution >= 0.6 is 0 Å². The number of carbonyl (C=O) groups is 1. The molecule has 0 unspecified atom stereocenters. The van der Waals surface area contributed by atoms with Crippen molar-refractivity contribution in [3.63, 3.8) is 0 Å². The van der Waals surface area contributed by atoms with Gasteiger partial charge in [-0.05, 0) is 25.7 Å². The van der Waals surface area contributed by atoms with Crippen LogP contribution in [-0.4, -0.2) is 21.4 Å². The molecule has 0 amide bonds. The highest BCUT2D eigenvalue weighted by Crippen LogP contribution is 2.25. The molecule has 1 saturated carbocycles. The fourth-order valence-corrected chi connectivity index (χ4v) is 2.17. The second kappa shape index (κ2) is 4.14. The van der Waals surface area contributed by atoms with Gasteiger partial charge in [0.1, 0.15) is 0 Å². The van der Waals surface area contributed by atoms with Crippen molar-refractivity contribution >= 4 is 5.78 Å². The van der Waals surface area contributed by atoms with Crippen molar-refractivity contribution in [2.75, 3.05) is 0 Å². The third-order valence-corrected chi connectivity index (χ3v) is 3.18. The monoisotopic (exact) mass is 207 g/mol. The summed E-state index contributed by atoms with van der Waals surface area (Å²) in [5.41, 5.74) is 5.81. The van der Waals surface area contributed by atoms with Crippen LogP contribution in [0.25, 0.3) is 0 Å². The number of nitrogens with zero attached hydrogens (tertiary/aromatic N) is 2. The molecule has 0 radical (unpaired) electrons. The lowest BCUT2D eigenvalue weighted by atomic mass is 9.83. The summed E-state index contributed by atoms with van der Waals surface area (Å²) >= 11 is 0. The molecule has 82 valence electrons. The highest BCUT2D eigenvalue weighted by atomic mass is 16.1. The molecule has 1 aromatic rings. The standard InChI is InChI=1S/C11H17N3O/c1-14-7-6-13-11(14)10(15)8-2-4-9(12)5-3-8/h6-9H,2-5,12H2,1H3. The number of rotatable bonds is 2. The van der Waals surface area contributed by atoms with Crippen LogP contribution in [-0.2, 0) is 7.05 Å². The van der Waals surface area contributed by atoms with Crippen molar-refractivity contribution in [3.05, 3.63) is 18.2 Å². The molecule has 4 nitrogen and oxygen atoms in total. The predicted octanol–water partition coefficient (Wildman–Crippen LogP) is 1.12. The Morgan fingerprint density at radius 3 is 2.67 bits per heavy atom. The third kappa shape index (κ3) is 2.09. The maximum Gasteiger partial charge on any atom is 0.201 e. The van der Waals surface area contributed by atoms with E-state index in [2.05, 4.69) is 4.98 Å². The summed E-state index contributed by atoms with van der Waals surface area (Å²) in [5.74, 6) is 0.885. The first kappa shape index (κ1) is 10.4. The van der Waals surface area contributed by atoms with Crippen LogP contribution in [0.3, 0.4) is 0 Å². The van der Waals surface area contributed by atoms with Crippen LogP contribution in [0.15, 0.2) is 12.4 Å². The number of Topliss-reactive ketones (excluding diaryl/α,β-unsaturated/α-hetero) is 1. The van der Waals surface area contributed by atoms with E-state index in [0.29, 0.717) is 5.82 Å². The highest BCUT2D eigenvalue weighted by Gasteiger charge is 2.27. The number of imidazole rings is 1. The largest absolute Gasteiger partial charge is 0.332 e. The van der Waals surface area contributed by atoms with Gasteiger partial charge in [0.05, 0.1) is 0 Å². The first-order chi connectivity index (χ1) is 7.18. The topological polar surface area (TPSA) is 60.9 Å². The van der Waals surface area contributed by atoms with Gasteiger partial charge >= 0.3 is 0 Å². The van der Waals surface area contributed by atoms with E-state index >= 15 is 0 Å². The van der Waals surface area contributed by atoms with E-state index in [0.717, 1.165) is 25.7 Å². The van der Waals surface area contributed by atoms with E-state index in [-0.39, 0.29) is 17.7 Å². The Bertz CT molecular complexity index is 350. The average molecular weight is 207 g/mol. The average Bonchev–Trinajstić information content (AvgIpc) is 2.65. The second-order valence-corrected chi connectivity index (χ2v) is 4.34. The van der Waals surface area contributed by atoms with Gasteiger partial charge < -0.3 is 10.3 Å². The second-order valence-electron chi connectivity index (χ2n) is 4.34. The maximum absolute atomic E-state index is 12.1. The van der Waals surface area contributed by atoms with Crippen molar-refractivity contribution in [3.8, 4) is 0 Å². The van der Waals surface area contributed by atoms with E-state index < -0.39 is 0 Å². The summed E-state index contributed by atoms with van der Waals surface area (Å²) in [7, 11) is 1.86.